The van der Waals surface area contributed by atoms with Gasteiger partial charge >= 0.3 is 0 Å². The summed E-state index contributed by atoms with van der Waals surface area (Å²) in [5.41, 5.74) is 8.24. The lowest BCUT2D eigenvalue weighted by atomic mass is 9.72. The number of hydrogen-bond acceptors (Lipinski definition) is 8. The first kappa shape index (κ1) is 32.6. The Labute approximate surface area is 292 Å². The Bertz CT molecular complexity index is 2270. The number of sulfone groups is 1. The number of hydrogen-bond donors (Lipinski definition) is 1. The maximum atomic E-state index is 14.2. The van der Waals surface area contributed by atoms with Gasteiger partial charge in [0.2, 0.25) is 5.91 Å². The van der Waals surface area contributed by atoms with Crippen LogP contribution in [0, 0.1) is 11.3 Å². The van der Waals surface area contributed by atoms with E-state index in [1.54, 1.807) is 4.90 Å². The fraction of sp³-hybridized carbons (Fsp3) is 0.421. The second-order valence-corrected chi connectivity index (χ2v) is 16.7. The van der Waals surface area contributed by atoms with Crippen LogP contribution >= 0.6 is 0 Å². The molecule has 0 unspecified atom stereocenters. The van der Waals surface area contributed by atoms with Crippen molar-refractivity contribution in [2.45, 2.75) is 49.3 Å². The summed E-state index contributed by atoms with van der Waals surface area (Å²) in [6.07, 6.45) is 8.28. The molecule has 3 aromatic heterocycles. The van der Waals surface area contributed by atoms with Crippen molar-refractivity contribution in [2.75, 3.05) is 50.9 Å². The average Bonchev–Trinajstić information content (AvgIpc) is 3.75. The van der Waals surface area contributed by atoms with Crippen LogP contribution in [0.1, 0.15) is 43.2 Å². The standard InChI is InChI=1S/C38H42N8O3S/c1-43-31-23-40-36-33(34(31)38(37(43)47)13-19-45(20-14-38)16-4-15-39)32(27-9-10-30-28(21-27)22-41-44(30)2)35(42-36)26-7-5-25(6-8-26)24-46-17-11-29(12-18-46)50(3,48)49/h5-10,21-23,29H,4,11-14,16-20,24H2,1-3H3,(H,40,42). The number of nitriles is 1. The number of nitrogens with one attached hydrogen (secondary N) is 1. The molecule has 12 heteroatoms. The lowest BCUT2D eigenvalue weighted by molar-refractivity contribution is -0.124. The van der Waals surface area contributed by atoms with Crippen molar-refractivity contribution in [3.8, 4) is 28.5 Å². The molecule has 258 valence electrons. The Balaban J connectivity index is 1.22. The molecule has 1 amide bonds. The van der Waals surface area contributed by atoms with E-state index < -0.39 is 15.3 Å². The van der Waals surface area contributed by atoms with Crippen LogP contribution < -0.4 is 4.90 Å². The first-order valence-electron chi connectivity index (χ1n) is 17.4. The van der Waals surface area contributed by atoms with Gasteiger partial charge < -0.3 is 14.8 Å². The molecular formula is C38H42N8O3S. The Hall–Kier alpha value is -4.57. The Morgan fingerprint density at radius 1 is 0.980 bits per heavy atom. The number of benzene rings is 2. The quantitative estimate of drug-likeness (QED) is 0.252. The molecular weight excluding hydrogens is 649 g/mol. The van der Waals surface area contributed by atoms with Crippen molar-refractivity contribution < 1.29 is 13.2 Å². The molecule has 1 N–H and O–H groups in total. The number of piperidine rings is 2. The van der Waals surface area contributed by atoms with Crippen molar-refractivity contribution in [1.29, 1.82) is 5.26 Å². The van der Waals surface area contributed by atoms with Crippen LogP contribution in [0.2, 0.25) is 0 Å². The Morgan fingerprint density at radius 2 is 1.70 bits per heavy atom. The molecule has 5 aromatic rings. The summed E-state index contributed by atoms with van der Waals surface area (Å²) in [6.45, 7) is 4.53. The summed E-state index contributed by atoms with van der Waals surface area (Å²) in [5, 5.41) is 15.5. The largest absolute Gasteiger partial charge is 0.339 e. The summed E-state index contributed by atoms with van der Waals surface area (Å²) in [7, 11) is 0.801. The molecule has 8 rings (SSSR count). The summed E-state index contributed by atoms with van der Waals surface area (Å²) in [5.74, 6) is 0.114. The molecule has 3 aliphatic rings. The smallest absolute Gasteiger partial charge is 0.237 e. The highest BCUT2D eigenvalue weighted by molar-refractivity contribution is 7.91. The average molecular weight is 691 g/mol. The van der Waals surface area contributed by atoms with Gasteiger partial charge in [0.05, 0.1) is 46.0 Å². The summed E-state index contributed by atoms with van der Waals surface area (Å²) >= 11 is 0. The molecule has 2 fully saturated rings. The second-order valence-electron chi connectivity index (χ2n) is 14.4. The van der Waals surface area contributed by atoms with Gasteiger partial charge in [-0.05, 0) is 80.7 Å². The fourth-order valence-corrected chi connectivity index (χ4v) is 9.67. The Morgan fingerprint density at radius 3 is 2.40 bits per heavy atom. The van der Waals surface area contributed by atoms with E-state index >= 15 is 0 Å². The third-order valence-corrected chi connectivity index (χ3v) is 13.1. The van der Waals surface area contributed by atoms with Crippen LogP contribution in [0.5, 0.6) is 0 Å². The minimum absolute atomic E-state index is 0.114. The molecule has 2 saturated heterocycles. The topological polar surface area (TPSA) is 131 Å². The van der Waals surface area contributed by atoms with Gasteiger partial charge in [-0.1, -0.05) is 30.3 Å². The number of aryl methyl sites for hydroxylation is 1. The van der Waals surface area contributed by atoms with E-state index in [9.17, 15) is 18.5 Å². The number of aromatic amines is 1. The first-order chi connectivity index (χ1) is 24.1. The summed E-state index contributed by atoms with van der Waals surface area (Å²) in [4.78, 5) is 29.3. The summed E-state index contributed by atoms with van der Waals surface area (Å²) < 4.78 is 26.0. The molecule has 0 atom stereocenters. The maximum Gasteiger partial charge on any atom is 0.237 e. The fourth-order valence-electron chi connectivity index (χ4n) is 8.61. The number of aromatic nitrogens is 4. The number of nitrogens with zero attached hydrogens (tertiary/aromatic N) is 7. The van der Waals surface area contributed by atoms with Crippen LogP contribution in [0.15, 0.2) is 54.9 Å². The predicted octanol–water partition coefficient (Wildman–Crippen LogP) is 5.02. The van der Waals surface area contributed by atoms with Crippen LogP contribution in [0.3, 0.4) is 0 Å². The monoisotopic (exact) mass is 690 g/mol. The number of amides is 1. The number of carbonyl (C=O) groups is 1. The predicted molar refractivity (Wildman–Crippen MR) is 195 cm³/mol. The van der Waals surface area contributed by atoms with Gasteiger partial charge in [-0.15, -0.1) is 0 Å². The highest BCUT2D eigenvalue weighted by atomic mass is 32.2. The molecule has 0 bridgehead atoms. The molecule has 11 nitrogen and oxygen atoms in total. The highest BCUT2D eigenvalue weighted by Crippen LogP contribution is 2.53. The summed E-state index contributed by atoms with van der Waals surface area (Å²) in [6, 6.07) is 17.3. The number of anilines is 1. The molecule has 0 saturated carbocycles. The number of likely N-dealkylation sites (tertiary alicyclic amines) is 2. The third kappa shape index (κ3) is 5.39. The van der Waals surface area contributed by atoms with E-state index in [1.807, 2.05) is 31.2 Å². The third-order valence-electron chi connectivity index (χ3n) is 11.4. The van der Waals surface area contributed by atoms with Crippen molar-refractivity contribution in [3.05, 3.63) is 66.0 Å². The van der Waals surface area contributed by atoms with Crippen LogP contribution in [-0.2, 0) is 33.6 Å². The van der Waals surface area contributed by atoms with Gasteiger partial charge in [0.15, 0.2) is 0 Å². The van der Waals surface area contributed by atoms with Crippen molar-refractivity contribution >= 4 is 43.4 Å². The molecule has 2 aromatic carbocycles. The first-order valence-corrected chi connectivity index (χ1v) is 19.4. The van der Waals surface area contributed by atoms with E-state index in [2.05, 4.69) is 68.4 Å². The van der Waals surface area contributed by atoms with E-state index in [4.69, 9.17) is 4.98 Å². The van der Waals surface area contributed by atoms with Crippen LogP contribution in [-0.4, -0.2) is 95.2 Å². The van der Waals surface area contributed by atoms with Gasteiger partial charge in [-0.3, -0.25) is 14.4 Å². The molecule has 0 radical (unpaired) electrons. The lowest BCUT2D eigenvalue weighted by Gasteiger charge is -2.38. The second kappa shape index (κ2) is 12.3. The number of carbonyl (C=O) groups excluding carboxylic acids is 1. The molecule has 1 spiro atoms. The zero-order valence-corrected chi connectivity index (χ0v) is 29.6. The molecule has 50 heavy (non-hydrogen) atoms. The number of pyridine rings is 1. The van der Waals surface area contributed by atoms with E-state index in [0.717, 1.165) is 94.8 Å². The van der Waals surface area contributed by atoms with Crippen LogP contribution in [0.25, 0.3) is 44.3 Å². The zero-order valence-electron chi connectivity index (χ0n) is 28.8. The van der Waals surface area contributed by atoms with Crippen LogP contribution in [0.4, 0.5) is 5.69 Å². The van der Waals surface area contributed by atoms with E-state index in [1.165, 1.54) is 11.8 Å². The van der Waals surface area contributed by atoms with Crippen molar-refractivity contribution in [3.63, 3.8) is 0 Å². The SMILES string of the molecule is CN1C(=O)C2(CCN(CCC#N)CC2)c2c1cnc1[nH]c(-c3ccc(CN4CCC(S(C)(=O)=O)CC4)cc3)c(-c3ccc4c(cnn4C)c3)c21. The minimum Gasteiger partial charge on any atom is -0.339 e. The van der Waals surface area contributed by atoms with Gasteiger partial charge in [-0.2, -0.15) is 10.4 Å². The number of fused-ring (bicyclic) bond motifs is 5. The Kier molecular flexibility index (Phi) is 8.05. The normalized spacial score (nSPS) is 18.8. The highest BCUT2D eigenvalue weighted by Gasteiger charge is 2.52. The van der Waals surface area contributed by atoms with Crippen molar-refractivity contribution in [2.24, 2.45) is 7.05 Å². The molecule has 3 aliphatic heterocycles. The number of H-pyrrole nitrogens is 1. The van der Waals surface area contributed by atoms with E-state index in [-0.39, 0.29) is 11.2 Å². The van der Waals surface area contributed by atoms with Gasteiger partial charge in [-0.25, -0.2) is 13.4 Å². The van der Waals surface area contributed by atoms with Gasteiger partial charge in [0, 0.05) is 61.8 Å². The number of likely N-dealkylation sites (N-methyl/N-ethyl adjacent to an activating group) is 1. The lowest BCUT2D eigenvalue weighted by Crippen LogP contribution is -2.48. The zero-order chi connectivity index (χ0) is 34.8. The molecule has 6 heterocycles. The van der Waals surface area contributed by atoms with Crippen molar-refractivity contribution in [1.82, 2.24) is 29.5 Å². The minimum atomic E-state index is -3.01. The molecule has 0 aliphatic carbocycles. The van der Waals surface area contributed by atoms with E-state index in [0.29, 0.717) is 32.1 Å². The van der Waals surface area contributed by atoms with Gasteiger partial charge in [0.1, 0.15) is 15.5 Å². The number of rotatable bonds is 7. The van der Waals surface area contributed by atoms with Gasteiger partial charge in [0.25, 0.3) is 0 Å². The maximum absolute atomic E-state index is 14.2.